The Hall–Kier alpha value is -2.57. The Morgan fingerprint density at radius 1 is 0.943 bits per heavy atom. The molecule has 3 rings (SSSR count). The minimum atomic E-state index is -0.795. The van der Waals surface area contributed by atoms with Crippen molar-refractivity contribution in [1.82, 2.24) is 10.2 Å². The molecule has 0 unspecified atom stereocenters. The molecule has 6 nitrogen and oxygen atoms in total. The number of rotatable bonds is 15. The molecule has 192 valence electrons. The van der Waals surface area contributed by atoms with Crippen molar-refractivity contribution in [3.05, 3.63) is 59.7 Å². The van der Waals surface area contributed by atoms with E-state index in [9.17, 15) is 9.90 Å². The Kier molecular flexibility index (Phi) is 11.4. The Labute approximate surface area is 210 Å². The second kappa shape index (κ2) is 14.7. The molecule has 2 aromatic rings. The number of ether oxygens (including phenoxy) is 2. The highest BCUT2D eigenvalue weighted by Gasteiger charge is 2.26. The Bertz CT molecular complexity index is 863. The highest BCUT2D eigenvalue weighted by molar-refractivity contribution is 5.76. The normalized spacial score (nSPS) is 15.5. The fourth-order valence-corrected chi connectivity index (χ4v) is 4.36. The second-order valence-corrected chi connectivity index (χ2v) is 9.52. The van der Waals surface area contributed by atoms with Crippen LogP contribution < -0.4 is 14.8 Å². The highest BCUT2D eigenvalue weighted by atomic mass is 16.5. The molecule has 1 saturated heterocycles. The topological polar surface area (TPSA) is 71.0 Å². The average molecular weight is 483 g/mol. The van der Waals surface area contributed by atoms with Crippen LogP contribution in [0, 0.1) is 6.92 Å². The van der Waals surface area contributed by atoms with Crippen molar-refractivity contribution < 1.29 is 19.4 Å². The minimum Gasteiger partial charge on any atom is -0.494 e. The predicted octanol–water partition coefficient (Wildman–Crippen LogP) is 5.04. The molecule has 1 fully saturated rings. The van der Waals surface area contributed by atoms with Gasteiger partial charge in [-0.15, -0.1) is 0 Å². The number of hydrogen-bond donors (Lipinski definition) is 2. The fourth-order valence-electron chi connectivity index (χ4n) is 4.36. The zero-order chi connectivity index (χ0) is 24.9. The molecule has 1 aliphatic heterocycles. The smallest absolute Gasteiger partial charge is 0.223 e. The van der Waals surface area contributed by atoms with Crippen LogP contribution in [0.5, 0.6) is 11.5 Å². The first kappa shape index (κ1) is 27.0. The summed E-state index contributed by atoms with van der Waals surface area (Å²) in [5.74, 6) is 1.45. The molecule has 0 saturated carbocycles. The first-order valence-electron chi connectivity index (χ1n) is 13.2. The van der Waals surface area contributed by atoms with Gasteiger partial charge in [0, 0.05) is 6.54 Å². The van der Waals surface area contributed by atoms with E-state index < -0.39 is 6.10 Å². The summed E-state index contributed by atoms with van der Waals surface area (Å²) in [6.45, 7) is 7.86. The predicted molar refractivity (Wildman–Crippen MR) is 140 cm³/mol. The summed E-state index contributed by atoms with van der Waals surface area (Å²) in [4.78, 5) is 15.0. The maximum Gasteiger partial charge on any atom is 0.223 e. The molecule has 2 N–H and O–H groups in total. The molecule has 1 heterocycles. The van der Waals surface area contributed by atoms with Gasteiger partial charge in [-0.3, -0.25) is 4.79 Å². The third-order valence-electron chi connectivity index (χ3n) is 6.49. The van der Waals surface area contributed by atoms with Crippen LogP contribution in [0.25, 0.3) is 0 Å². The van der Waals surface area contributed by atoms with Crippen LogP contribution >= 0.6 is 0 Å². The van der Waals surface area contributed by atoms with Crippen LogP contribution in [0.2, 0.25) is 0 Å². The number of benzene rings is 2. The number of amides is 1. The fraction of sp³-hybridized carbons (Fsp3) is 0.552. The lowest BCUT2D eigenvalue weighted by Gasteiger charge is -2.29. The largest absolute Gasteiger partial charge is 0.494 e. The number of carbonyl (C=O) groups excluding carboxylic acids is 1. The van der Waals surface area contributed by atoms with E-state index in [4.69, 9.17) is 9.47 Å². The molecule has 0 spiro atoms. The molecule has 2 aromatic carbocycles. The van der Waals surface area contributed by atoms with Gasteiger partial charge in [0.05, 0.1) is 25.7 Å². The second-order valence-electron chi connectivity index (χ2n) is 9.52. The first-order valence-corrected chi connectivity index (χ1v) is 13.2. The standard InChI is InChI=1S/C29H42N2O4/c1-3-4-5-8-20-34-26-15-11-24(12-16-26)29(33)27(22-31-18-6-7-19-31)30-28(32)17-21-35-25-13-9-23(2)10-14-25/h9-16,27,29,33H,3-8,17-22H2,1-2H3,(H,30,32)/t27-,29-/m1/s1. The van der Waals surface area contributed by atoms with Crippen LogP contribution in [-0.2, 0) is 4.79 Å². The van der Waals surface area contributed by atoms with E-state index in [0.717, 1.165) is 49.4 Å². The summed E-state index contributed by atoms with van der Waals surface area (Å²) in [7, 11) is 0. The maximum atomic E-state index is 12.7. The Balaban J connectivity index is 1.52. The van der Waals surface area contributed by atoms with E-state index in [-0.39, 0.29) is 18.4 Å². The lowest BCUT2D eigenvalue weighted by atomic mass is 10.0. The van der Waals surface area contributed by atoms with Gasteiger partial charge in [-0.2, -0.15) is 0 Å². The summed E-state index contributed by atoms with van der Waals surface area (Å²) >= 11 is 0. The van der Waals surface area contributed by atoms with E-state index in [1.54, 1.807) is 0 Å². The van der Waals surface area contributed by atoms with Crippen LogP contribution in [0.3, 0.4) is 0 Å². The van der Waals surface area contributed by atoms with E-state index in [2.05, 4.69) is 17.1 Å². The summed E-state index contributed by atoms with van der Waals surface area (Å²) in [5.41, 5.74) is 1.95. The number of aliphatic hydroxyl groups excluding tert-OH is 1. The van der Waals surface area contributed by atoms with Crippen LogP contribution in [0.1, 0.15) is 69.1 Å². The van der Waals surface area contributed by atoms with Crippen molar-refractivity contribution in [2.45, 2.75) is 70.9 Å². The molecule has 1 aliphatic rings. The molecule has 6 heteroatoms. The molecule has 0 radical (unpaired) electrons. The summed E-state index contributed by atoms with van der Waals surface area (Å²) < 4.78 is 11.5. The highest BCUT2D eigenvalue weighted by Crippen LogP contribution is 2.23. The first-order chi connectivity index (χ1) is 17.0. The summed E-state index contributed by atoms with van der Waals surface area (Å²) in [5, 5.41) is 14.2. The minimum absolute atomic E-state index is 0.118. The van der Waals surface area contributed by atoms with E-state index in [1.165, 1.54) is 24.8 Å². The van der Waals surface area contributed by atoms with Crippen molar-refractivity contribution in [1.29, 1.82) is 0 Å². The monoisotopic (exact) mass is 482 g/mol. The number of unbranched alkanes of at least 4 members (excludes halogenated alkanes) is 3. The van der Waals surface area contributed by atoms with Gasteiger partial charge in [-0.1, -0.05) is 56.0 Å². The van der Waals surface area contributed by atoms with Gasteiger partial charge >= 0.3 is 0 Å². The van der Waals surface area contributed by atoms with E-state index in [1.807, 2.05) is 55.5 Å². The number of nitrogens with zero attached hydrogens (tertiary/aromatic N) is 1. The molecule has 2 atom stereocenters. The Morgan fingerprint density at radius 3 is 2.23 bits per heavy atom. The molecule has 0 bridgehead atoms. The number of hydrogen-bond acceptors (Lipinski definition) is 5. The van der Waals surface area contributed by atoms with E-state index in [0.29, 0.717) is 19.8 Å². The molecule has 0 aliphatic carbocycles. The van der Waals surface area contributed by atoms with Crippen molar-refractivity contribution in [2.24, 2.45) is 0 Å². The van der Waals surface area contributed by atoms with E-state index >= 15 is 0 Å². The molecule has 1 amide bonds. The van der Waals surface area contributed by atoms with Gasteiger partial charge in [0.2, 0.25) is 5.91 Å². The van der Waals surface area contributed by atoms with Gasteiger partial charge in [-0.25, -0.2) is 0 Å². The SMILES string of the molecule is CCCCCCOc1ccc([C@@H](O)[C@@H](CN2CCCC2)NC(=O)CCOc2ccc(C)cc2)cc1. The van der Waals surface area contributed by atoms with Crippen LogP contribution in [0.15, 0.2) is 48.5 Å². The number of likely N-dealkylation sites (tertiary alicyclic amines) is 1. The third-order valence-corrected chi connectivity index (χ3v) is 6.49. The third kappa shape index (κ3) is 9.54. The van der Waals surface area contributed by atoms with Gasteiger partial charge in [0.1, 0.15) is 17.6 Å². The van der Waals surface area contributed by atoms with Crippen molar-refractivity contribution in [3.63, 3.8) is 0 Å². The van der Waals surface area contributed by atoms with Crippen LogP contribution in [0.4, 0.5) is 0 Å². The molecule has 35 heavy (non-hydrogen) atoms. The van der Waals surface area contributed by atoms with Crippen molar-refractivity contribution in [3.8, 4) is 11.5 Å². The van der Waals surface area contributed by atoms with Crippen molar-refractivity contribution >= 4 is 5.91 Å². The number of carbonyl (C=O) groups is 1. The maximum absolute atomic E-state index is 12.7. The summed E-state index contributed by atoms with van der Waals surface area (Å²) in [6, 6.07) is 15.0. The summed E-state index contributed by atoms with van der Waals surface area (Å²) in [6.07, 6.45) is 6.43. The zero-order valence-electron chi connectivity index (χ0n) is 21.4. The lowest BCUT2D eigenvalue weighted by Crippen LogP contribution is -2.47. The molecule has 0 aromatic heterocycles. The lowest BCUT2D eigenvalue weighted by molar-refractivity contribution is -0.123. The molecular formula is C29H42N2O4. The van der Waals surface area contributed by atoms with Crippen LogP contribution in [-0.4, -0.2) is 54.8 Å². The number of aliphatic hydroxyl groups is 1. The van der Waals surface area contributed by atoms with Gasteiger partial charge < -0.3 is 24.8 Å². The average Bonchev–Trinajstić information content (AvgIpc) is 3.38. The quantitative estimate of drug-likeness (QED) is 0.348. The van der Waals surface area contributed by atoms with Gasteiger partial charge in [-0.05, 0) is 69.1 Å². The molecular weight excluding hydrogens is 440 g/mol. The van der Waals surface area contributed by atoms with Gasteiger partial charge in [0.15, 0.2) is 0 Å². The zero-order valence-corrected chi connectivity index (χ0v) is 21.4. The number of nitrogens with one attached hydrogen (secondary N) is 1. The van der Waals surface area contributed by atoms with Crippen molar-refractivity contribution in [2.75, 3.05) is 32.8 Å². The Morgan fingerprint density at radius 2 is 1.57 bits per heavy atom. The number of aryl methyl sites for hydroxylation is 1. The van der Waals surface area contributed by atoms with Gasteiger partial charge in [0.25, 0.3) is 0 Å².